The molecule has 1 aliphatic rings. The minimum absolute atomic E-state index is 0.401. The van der Waals surface area contributed by atoms with Crippen molar-refractivity contribution in [2.45, 2.75) is 18.9 Å². The van der Waals surface area contributed by atoms with Crippen LogP contribution in [-0.2, 0) is 4.79 Å². The van der Waals surface area contributed by atoms with Crippen LogP contribution in [0.4, 0.5) is 0 Å². The average molecular weight is 137 g/mol. The van der Waals surface area contributed by atoms with Crippen molar-refractivity contribution < 1.29 is 4.79 Å². The van der Waals surface area contributed by atoms with E-state index in [1.54, 1.807) is 11.9 Å². The Morgan fingerprint density at radius 3 is 2.70 bits per heavy atom. The van der Waals surface area contributed by atoms with E-state index in [1.165, 1.54) is 0 Å². The summed E-state index contributed by atoms with van der Waals surface area (Å²) in [7, 11) is 1.80. The van der Waals surface area contributed by atoms with Gasteiger partial charge >= 0.3 is 0 Å². The molecule has 0 bridgehead atoms. The van der Waals surface area contributed by atoms with Crippen LogP contribution < -0.4 is 0 Å². The molecule has 1 amide bonds. The second kappa shape index (κ2) is 2.74. The molecule has 0 atom stereocenters. The molecule has 0 aromatic rings. The number of hydrogen-bond acceptors (Lipinski definition) is 1. The summed E-state index contributed by atoms with van der Waals surface area (Å²) < 4.78 is 0. The van der Waals surface area contributed by atoms with Crippen molar-refractivity contribution in [3.63, 3.8) is 0 Å². The highest BCUT2D eigenvalue weighted by molar-refractivity contribution is 5.47. The zero-order chi connectivity index (χ0) is 7.56. The third-order valence-electron chi connectivity index (χ3n) is 2.09. The van der Waals surface area contributed by atoms with E-state index in [4.69, 9.17) is 6.42 Å². The number of hydrogen-bond donors (Lipinski definition) is 0. The highest BCUT2D eigenvalue weighted by atomic mass is 16.1. The number of terminal acetylenes is 1. The Morgan fingerprint density at radius 2 is 2.30 bits per heavy atom. The number of carbonyl (C=O) groups excluding carboxylic acids is 1. The van der Waals surface area contributed by atoms with Crippen molar-refractivity contribution in [1.29, 1.82) is 0 Å². The lowest BCUT2D eigenvalue weighted by Crippen LogP contribution is -2.41. The van der Waals surface area contributed by atoms with Crippen LogP contribution in [0.1, 0.15) is 12.8 Å². The molecule has 0 aromatic carbocycles. The molecule has 0 radical (unpaired) electrons. The van der Waals surface area contributed by atoms with Crippen molar-refractivity contribution in [1.82, 2.24) is 4.90 Å². The Bertz CT molecular complexity index is 165. The second-order valence-electron chi connectivity index (χ2n) is 2.76. The summed E-state index contributed by atoms with van der Waals surface area (Å²) in [5.74, 6) is 3.08. The normalized spacial score (nSPS) is 30.0. The molecule has 10 heavy (non-hydrogen) atoms. The van der Waals surface area contributed by atoms with Gasteiger partial charge in [-0.2, -0.15) is 0 Å². The molecule has 2 nitrogen and oxygen atoms in total. The van der Waals surface area contributed by atoms with E-state index >= 15 is 0 Å². The van der Waals surface area contributed by atoms with Crippen LogP contribution in [0.25, 0.3) is 0 Å². The summed E-state index contributed by atoms with van der Waals surface area (Å²) in [5.41, 5.74) is 0. The van der Waals surface area contributed by atoms with Gasteiger partial charge in [0, 0.05) is 19.0 Å². The van der Waals surface area contributed by atoms with E-state index in [2.05, 4.69) is 5.92 Å². The fourth-order valence-corrected chi connectivity index (χ4v) is 1.14. The van der Waals surface area contributed by atoms with Crippen LogP contribution in [0.15, 0.2) is 0 Å². The van der Waals surface area contributed by atoms with Gasteiger partial charge in [0.15, 0.2) is 0 Å². The van der Waals surface area contributed by atoms with Crippen LogP contribution in [0, 0.1) is 18.3 Å². The first-order chi connectivity index (χ1) is 4.77. The second-order valence-corrected chi connectivity index (χ2v) is 2.76. The molecule has 0 heterocycles. The van der Waals surface area contributed by atoms with Crippen LogP contribution in [0.2, 0.25) is 0 Å². The summed E-state index contributed by atoms with van der Waals surface area (Å²) in [4.78, 5) is 11.9. The molecular formula is C8H11NO. The summed E-state index contributed by atoms with van der Waals surface area (Å²) in [6.45, 7) is 0. The molecular weight excluding hydrogens is 126 g/mol. The molecule has 0 aliphatic heterocycles. The molecule has 1 rings (SSSR count). The standard InChI is InChI=1S/C8H11NO/c1-3-7-4-8(5-7)9(2)6-10/h1,6-8H,4-5H2,2H3/t7-,8-. The maximum absolute atomic E-state index is 10.2. The Hall–Kier alpha value is -0.970. The Labute approximate surface area is 61.2 Å². The third kappa shape index (κ3) is 1.13. The zero-order valence-corrected chi connectivity index (χ0v) is 6.08. The third-order valence-corrected chi connectivity index (χ3v) is 2.09. The first-order valence-corrected chi connectivity index (χ1v) is 3.41. The molecule has 1 aliphatic carbocycles. The van der Waals surface area contributed by atoms with E-state index in [-0.39, 0.29) is 0 Å². The van der Waals surface area contributed by atoms with Crippen molar-refractivity contribution in [3.8, 4) is 12.3 Å². The zero-order valence-electron chi connectivity index (χ0n) is 6.08. The number of rotatable bonds is 2. The van der Waals surface area contributed by atoms with Crippen LogP contribution in [0.5, 0.6) is 0 Å². The van der Waals surface area contributed by atoms with Gasteiger partial charge in [0.2, 0.25) is 6.41 Å². The summed E-state index contributed by atoms with van der Waals surface area (Å²) in [5, 5.41) is 0. The lowest BCUT2D eigenvalue weighted by Gasteiger charge is -2.36. The maximum Gasteiger partial charge on any atom is 0.209 e. The largest absolute Gasteiger partial charge is 0.345 e. The smallest absolute Gasteiger partial charge is 0.209 e. The fourth-order valence-electron chi connectivity index (χ4n) is 1.14. The van der Waals surface area contributed by atoms with Gasteiger partial charge in [-0.05, 0) is 12.8 Å². The molecule has 0 N–H and O–H groups in total. The Morgan fingerprint density at radius 1 is 1.70 bits per heavy atom. The van der Waals surface area contributed by atoms with E-state index < -0.39 is 0 Å². The van der Waals surface area contributed by atoms with Crippen molar-refractivity contribution >= 4 is 6.41 Å². The van der Waals surface area contributed by atoms with Gasteiger partial charge in [0.05, 0.1) is 0 Å². The predicted molar refractivity (Wildman–Crippen MR) is 39.2 cm³/mol. The van der Waals surface area contributed by atoms with Crippen molar-refractivity contribution in [3.05, 3.63) is 0 Å². The first-order valence-electron chi connectivity index (χ1n) is 3.41. The topological polar surface area (TPSA) is 20.3 Å². The van der Waals surface area contributed by atoms with E-state index in [0.717, 1.165) is 19.3 Å². The molecule has 1 fully saturated rings. The van der Waals surface area contributed by atoms with E-state index in [0.29, 0.717) is 12.0 Å². The molecule has 1 saturated carbocycles. The Balaban J connectivity index is 2.27. The monoisotopic (exact) mass is 137 g/mol. The van der Waals surface area contributed by atoms with Crippen molar-refractivity contribution in [2.75, 3.05) is 7.05 Å². The highest BCUT2D eigenvalue weighted by Crippen LogP contribution is 2.29. The first kappa shape index (κ1) is 7.14. The summed E-state index contributed by atoms with van der Waals surface area (Å²) in [6, 6.07) is 0.401. The average Bonchev–Trinajstić information content (AvgIpc) is 1.85. The van der Waals surface area contributed by atoms with Gasteiger partial charge in [-0.1, -0.05) is 0 Å². The summed E-state index contributed by atoms with van der Waals surface area (Å²) in [6.07, 6.45) is 8.00. The minimum atomic E-state index is 0.401. The fraction of sp³-hybridized carbons (Fsp3) is 0.625. The molecule has 2 heteroatoms. The molecule has 0 unspecified atom stereocenters. The Kier molecular flexibility index (Phi) is 1.96. The lowest BCUT2D eigenvalue weighted by atomic mass is 9.80. The quantitative estimate of drug-likeness (QED) is 0.400. The minimum Gasteiger partial charge on any atom is -0.345 e. The maximum atomic E-state index is 10.2. The van der Waals surface area contributed by atoms with Crippen LogP contribution in [0.3, 0.4) is 0 Å². The van der Waals surface area contributed by atoms with Gasteiger partial charge < -0.3 is 4.90 Å². The molecule has 0 spiro atoms. The van der Waals surface area contributed by atoms with E-state index in [9.17, 15) is 4.79 Å². The number of amides is 1. The molecule has 0 saturated heterocycles. The molecule has 54 valence electrons. The van der Waals surface area contributed by atoms with Gasteiger partial charge in [0.25, 0.3) is 0 Å². The lowest BCUT2D eigenvalue weighted by molar-refractivity contribution is -0.120. The summed E-state index contributed by atoms with van der Waals surface area (Å²) >= 11 is 0. The van der Waals surface area contributed by atoms with Gasteiger partial charge in [-0.25, -0.2) is 0 Å². The predicted octanol–water partition coefficient (Wildman–Crippen LogP) is 0.486. The molecule has 0 aromatic heterocycles. The van der Waals surface area contributed by atoms with E-state index in [1.807, 2.05) is 0 Å². The van der Waals surface area contributed by atoms with Gasteiger partial charge in [-0.3, -0.25) is 4.79 Å². The number of carbonyl (C=O) groups is 1. The SMILES string of the molecule is C#C[C@H]1C[C@H](N(C)C=O)C1. The number of nitrogens with zero attached hydrogens (tertiary/aromatic N) is 1. The van der Waals surface area contributed by atoms with Gasteiger partial charge in [-0.15, -0.1) is 12.3 Å². The van der Waals surface area contributed by atoms with Crippen LogP contribution in [-0.4, -0.2) is 24.4 Å². The van der Waals surface area contributed by atoms with Crippen LogP contribution >= 0.6 is 0 Å². The van der Waals surface area contributed by atoms with Gasteiger partial charge in [0.1, 0.15) is 0 Å². The highest BCUT2D eigenvalue weighted by Gasteiger charge is 2.29. The van der Waals surface area contributed by atoms with Crippen molar-refractivity contribution in [2.24, 2.45) is 5.92 Å².